The zero-order valence-electron chi connectivity index (χ0n) is 29.7. The first kappa shape index (κ1) is 38.1. The number of nitrogens with one attached hydrogen (secondary N) is 4. The molecule has 1 unspecified atom stereocenters. The fraction of sp³-hybridized carbons (Fsp3) is 0.611. The lowest BCUT2D eigenvalue weighted by atomic mass is 10.00. The molecule has 1 aromatic rings. The number of fused-ring (bicyclic) bond motifs is 2. The topological polar surface area (TPSA) is 158 Å². The summed E-state index contributed by atoms with van der Waals surface area (Å²) in [5.74, 6) is -2.31. The molecule has 0 aliphatic carbocycles. The number of thioether (sulfide) groups is 1. The zero-order chi connectivity index (χ0) is 36.0. The number of carbonyl (C=O) groups is 5. The first-order chi connectivity index (χ1) is 23.1. The molecule has 3 aliphatic heterocycles. The zero-order valence-corrected chi connectivity index (χ0v) is 30.5. The number of carbonyl (C=O) groups excluding carboxylic acids is 5. The summed E-state index contributed by atoms with van der Waals surface area (Å²) < 4.78 is 6.20. The van der Waals surface area contributed by atoms with E-state index in [2.05, 4.69) is 27.8 Å². The summed E-state index contributed by atoms with van der Waals surface area (Å²) in [7, 11) is 0. The second kappa shape index (κ2) is 16.3. The van der Waals surface area contributed by atoms with Crippen molar-refractivity contribution in [1.29, 1.82) is 0 Å². The Morgan fingerprint density at radius 3 is 2.14 bits per heavy atom. The largest absolute Gasteiger partial charge is 0.366 e. The number of rotatable bonds is 8. The maximum Gasteiger partial charge on any atom is 0.246 e. The third-order valence-corrected chi connectivity index (χ3v) is 10.4. The van der Waals surface area contributed by atoms with Gasteiger partial charge in [-0.2, -0.15) is 0 Å². The van der Waals surface area contributed by atoms with Gasteiger partial charge >= 0.3 is 0 Å². The normalized spacial score (nSPS) is 28.1. The molecule has 49 heavy (non-hydrogen) atoms. The van der Waals surface area contributed by atoms with Gasteiger partial charge in [-0.3, -0.25) is 29.0 Å². The lowest BCUT2D eigenvalue weighted by Crippen LogP contribution is -2.61. The predicted molar refractivity (Wildman–Crippen MR) is 191 cm³/mol. The molecule has 0 saturated carbocycles. The van der Waals surface area contributed by atoms with Crippen LogP contribution in [0.4, 0.5) is 0 Å². The third-order valence-electron chi connectivity index (χ3n) is 9.22. The van der Waals surface area contributed by atoms with Crippen LogP contribution in [-0.4, -0.2) is 99.7 Å². The number of ether oxygens (including phenoxy) is 1. The summed E-state index contributed by atoms with van der Waals surface area (Å²) >= 11 is 1.38. The smallest absolute Gasteiger partial charge is 0.246 e. The number of hydrogen-bond acceptors (Lipinski definition) is 8. The van der Waals surface area contributed by atoms with Crippen molar-refractivity contribution < 1.29 is 28.7 Å². The average Bonchev–Trinajstić information content (AvgIpc) is 3.74. The predicted octanol–water partition coefficient (Wildman–Crippen LogP) is 2.37. The summed E-state index contributed by atoms with van der Waals surface area (Å²) in [5, 5.41) is 12.4. The monoisotopic (exact) mass is 696 g/mol. The first-order valence-corrected chi connectivity index (χ1v) is 18.2. The summed E-state index contributed by atoms with van der Waals surface area (Å²) in [6, 6.07) is 4.07. The van der Waals surface area contributed by atoms with Crippen molar-refractivity contribution in [3.8, 4) is 0 Å². The minimum atomic E-state index is -1.12. The molecule has 1 saturated heterocycles. The van der Waals surface area contributed by atoms with Gasteiger partial charge in [0.15, 0.2) is 0 Å². The van der Waals surface area contributed by atoms with E-state index in [4.69, 9.17) is 9.73 Å². The van der Waals surface area contributed by atoms with E-state index in [9.17, 15) is 24.0 Å². The molecule has 13 heteroatoms. The maximum atomic E-state index is 14.3. The highest BCUT2D eigenvalue weighted by molar-refractivity contribution is 8.14. The summed E-state index contributed by atoms with van der Waals surface area (Å²) in [6.07, 6.45) is 1.99. The molecule has 0 radical (unpaired) electrons. The van der Waals surface area contributed by atoms with E-state index in [0.29, 0.717) is 30.2 Å². The van der Waals surface area contributed by atoms with Gasteiger partial charge in [-0.05, 0) is 51.0 Å². The highest BCUT2D eigenvalue weighted by Crippen LogP contribution is 2.26. The Balaban J connectivity index is 1.76. The first-order valence-electron chi connectivity index (χ1n) is 17.2. The Labute approximate surface area is 294 Å². The minimum absolute atomic E-state index is 0.0986. The van der Waals surface area contributed by atoms with Gasteiger partial charge in [0.25, 0.3) is 0 Å². The maximum absolute atomic E-state index is 14.3. The Bertz CT molecular complexity index is 1430. The Hall–Kier alpha value is -3.71. The lowest BCUT2D eigenvalue weighted by molar-refractivity contribution is -0.144. The minimum Gasteiger partial charge on any atom is -0.366 e. The molecular weight excluding hydrogens is 644 g/mol. The van der Waals surface area contributed by atoms with Crippen LogP contribution in [0.25, 0.3) is 0 Å². The Kier molecular flexibility index (Phi) is 12.7. The van der Waals surface area contributed by atoms with Crippen molar-refractivity contribution in [2.75, 3.05) is 12.3 Å². The SMILES string of the molecule is C=CC(C)(C)O[C@H](C)[C@@H]1NC(=O)C2CCCN2C(=O)[C@H](Cc2ccccc2)NC(=O)[C@H](C(C)C)NC(=O)[C@H]2CSC(=N2)[C@H](C(C)C)NC1=O. The van der Waals surface area contributed by atoms with Gasteiger partial charge in [-0.1, -0.05) is 64.1 Å². The van der Waals surface area contributed by atoms with Crippen molar-refractivity contribution in [2.24, 2.45) is 16.8 Å². The summed E-state index contributed by atoms with van der Waals surface area (Å²) in [6.45, 7) is 17.0. The van der Waals surface area contributed by atoms with E-state index < -0.39 is 77.5 Å². The van der Waals surface area contributed by atoms with Crippen molar-refractivity contribution in [2.45, 2.75) is 116 Å². The van der Waals surface area contributed by atoms with E-state index in [1.54, 1.807) is 13.0 Å². The Morgan fingerprint density at radius 2 is 1.51 bits per heavy atom. The third kappa shape index (κ3) is 9.50. The van der Waals surface area contributed by atoms with Crippen LogP contribution in [0, 0.1) is 11.8 Å². The standard InChI is InChI=1S/C36H52N6O6S/c1-9-36(7,8)48-22(6)29-33(46)40-28(21(4)5)34-38-25(19-49-34)30(43)39-27(20(2)3)32(45)37-24(18-23-14-11-10-12-15-23)35(47)42-17-13-16-26(42)31(44)41-29/h9-12,14-15,20-22,24-29H,1,13,16-19H2,2-8H3,(H,37,45)(H,39,43)(H,40,46)(H,41,44)/t22-,24+,25-,26?,27+,28+,29+/m1/s1. The molecule has 12 nitrogen and oxygen atoms in total. The van der Waals surface area contributed by atoms with Crippen molar-refractivity contribution in [3.63, 3.8) is 0 Å². The van der Waals surface area contributed by atoms with Crippen LogP contribution in [-0.2, 0) is 35.1 Å². The van der Waals surface area contributed by atoms with E-state index in [-0.39, 0.29) is 18.3 Å². The molecular formula is C36H52N6O6S. The van der Waals surface area contributed by atoms with Crippen molar-refractivity contribution >= 4 is 46.3 Å². The van der Waals surface area contributed by atoms with Crippen molar-refractivity contribution in [1.82, 2.24) is 26.2 Å². The van der Waals surface area contributed by atoms with E-state index in [1.807, 2.05) is 71.9 Å². The van der Waals surface area contributed by atoms with Crippen LogP contribution in [0.1, 0.15) is 66.9 Å². The van der Waals surface area contributed by atoms with Crippen LogP contribution >= 0.6 is 11.8 Å². The second-order valence-corrected chi connectivity index (χ2v) is 15.4. The molecule has 0 aromatic heterocycles. The lowest BCUT2D eigenvalue weighted by Gasteiger charge is -2.34. The molecule has 1 fully saturated rings. The fourth-order valence-electron chi connectivity index (χ4n) is 6.29. The van der Waals surface area contributed by atoms with Crippen LogP contribution in [0.2, 0.25) is 0 Å². The summed E-state index contributed by atoms with van der Waals surface area (Å²) in [4.78, 5) is 76.0. The van der Waals surface area contributed by atoms with Crippen LogP contribution in [0.15, 0.2) is 48.0 Å². The number of amides is 5. The summed E-state index contributed by atoms with van der Waals surface area (Å²) in [5.41, 5.74) is 0.0251. The number of aliphatic imine (C=N–C) groups is 1. The molecule has 7 atom stereocenters. The van der Waals surface area contributed by atoms with Gasteiger partial charge in [-0.15, -0.1) is 18.3 Å². The van der Waals surface area contributed by atoms with Gasteiger partial charge < -0.3 is 30.9 Å². The molecule has 0 spiro atoms. The van der Waals surface area contributed by atoms with E-state index >= 15 is 0 Å². The number of hydrogen-bond donors (Lipinski definition) is 4. The number of benzene rings is 1. The van der Waals surface area contributed by atoms with E-state index in [0.717, 1.165) is 5.56 Å². The number of nitrogens with zero attached hydrogens (tertiary/aromatic N) is 2. The highest BCUT2D eigenvalue weighted by atomic mass is 32.2. The van der Waals surface area contributed by atoms with E-state index in [1.165, 1.54) is 16.7 Å². The Morgan fingerprint density at radius 1 is 0.898 bits per heavy atom. The molecule has 3 heterocycles. The van der Waals surface area contributed by atoms with Gasteiger partial charge in [0.05, 0.1) is 22.8 Å². The molecule has 268 valence electrons. The second-order valence-electron chi connectivity index (χ2n) is 14.3. The van der Waals surface area contributed by atoms with Gasteiger partial charge in [-0.25, -0.2) is 0 Å². The molecule has 1 aromatic carbocycles. The van der Waals surface area contributed by atoms with Crippen molar-refractivity contribution in [3.05, 3.63) is 48.6 Å². The van der Waals surface area contributed by atoms with Crippen LogP contribution < -0.4 is 21.3 Å². The average molecular weight is 697 g/mol. The molecule has 3 aliphatic rings. The van der Waals surface area contributed by atoms with Gasteiger partial charge in [0.2, 0.25) is 29.5 Å². The quantitative estimate of drug-likeness (QED) is 0.304. The fourth-order valence-corrected chi connectivity index (χ4v) is 7.56. The van der Waals surface area contributed by atoms with Gasteiger partial charge in [0, 0.05) is 18.7 Å². The highest BCUT2D eigenvalue weighted by Gasteiger charge is 2.42. The van der Waals surface area contributed by atoms with Crippen LogP contribution in [0.5, 0.6) is 0 Å². The molecule has 5 amide bonds. The molecule has 2 bridgehead atoms. The molecule has 4 rings (SSSR count). The van der Waals surface area contributed by atoms with Gasteiger partial charge in [0.1, 0.15) is 30.2 Å². The molecule has 4 N–H and O–H groups in total. The van der Waals surface area contributed by atoms with Crippen LogP contribution in [0.3, 0.4) is 0 Å².